The van der Waals surface area contributed by atoms with Crippen molar-refractivity contribution >= 4 is 5.97 Å². The molecule has 1 rings (SSSR count). The lowest BCUT2D eigenvalue weighted by molar-refractivity contribution is 0.0564. The molecule has 2 N–H and O–H groups in total. The first kappa shape index (κ1) is 11.4. The molecule has 0 spiro atoms. The predicted octanol–water partition coefficient (Wildman–Crippen LogP) is 0.325. The van der Waals surface area contributed by atoms with Crippen molar-refractivity contribution in [2.75, 3.05) is 6.61 Å². The van der Waals surface area contributed by atoms with Crippen molar-refractivity contribution in [3.8, 4) is 0 Å². The van der Waals surface area contributed by atoms with Gasteiger partial charge in [-0.25, -0.2) is 4.79 Å². The Bertz CT molecular complexity index is 359. The molecule has 0 aromatic carbocycles. The molecule has 0 unspecified atom stereocenters. The van der Waals surface area contributed by atoms with Crippen molar-refractivity contribution in [2.24, 2.45) is 7.05 Å². The molecule has 0 saturated carbocycles. The zero-order valence-corrected chi connectivity index (χ0v) is 8.43. The van der Waals surface area contributed by atoms with E-state index in [-0.39, 0.29) is 5.69 Å². The van der Waals surface area contributed by atoms with Crippen molar-refractivity contribution in [1.82, 2.24) is 15.3 Å². The van der Waals surface area contributed by atoms with Gasteiger partial charge in [0.25, 0.3) is 0 Å². The molecular weight excluding hydrogens is 198 g/mol. The van der Waals surface area contributed by atoms with E-state index in [2.05, 4.69) is 17.2 Å². The average Bonchev–Trinajstić information content (AvgIpc) is 2.55. The highest BCUT2D eigenvalue weighted by molar-refractivity contribution is 5.85. The van der Waals surface area contributed by atoms with Crippen LogP contribution in [-0.4, -0.2) is 27.5 Å². The summed E-state index contributed by atoms with van der Waals surface area (Å²) in [6.45, 7) is 4.28. The van der Waals surface area contributed by atoms with Crippen LogP contribution in [0, 0.1) is 0 Å². The van der Waals surface area contributed by atoms with E-state index in [1.165, 1.54) is 10.7 Å². The second kappa shape index (κ2) is 5.28. The van der Waals surface area contributed by atoms with Crippen LogP contribution in [0.3, 0.4) is 0 Å². The quantitative estimate of drug-likeness (QED) is 0.403. The van der Waals surface area contributed by atoms with Gasteiger partial charge in [-0.05, 0) is 6.07 Å². The predicted molar refractivity (Wildman–Crippen MR) is 53.2 cm³/mol. The Hall–Kier alpha value is -1.66. The van der Waals surface area contributed by atoms with Gasteiger partial charge < -0.3 is 5.11 Å². The molecule has 0 saturated heterocycles. The van der Waals surface area contributed by atoms with Gasteiger partial charge >= 0.3 is 5.97 Å². The van der Waals surface area contributed by atoms with Gasteiger partial charge in [0.15, 0.2) is 5.69 Å². The first-order valence-corrected chi connectivity index (χ1v) is 4.37. The SMILES string of the molecule is C=CCONCc1cc(C(=O)O)nn1C. The van der Waals surface area contributed by atoms with Crippen LogP contribution in [-0.2, 0) is 18.4 Å². The molecule has 0 fully saturated rings. The smallest absolute Gasteiger partial charge is 0.356 e. The van der Waals surface area contributed by atoms with Gasteiger partial charge in [-0.3, -0.25) is 9.52 Å². The van der Waals surface area contributed by atoms with Gasteiger partial charge in [-0.2, -0.15) is 10.6 Å². The van der Waals surface area contributed by atoms with Crippen LogP contribution in [0.25, 0.3) is 0 Å². The molecule has 0 aliphatic heterocycles. The second-order valence-electron chi connectivity index (χ2n) is 2.87. The standard InChI is InChI=1S/C9H13N3O3/c1-3-4-15-10-6-7-5-8(9(13)14)11-12(7)2/h3,5,10H,1,4,6H2,2H3,(H,13,14). The number of carboxylic acids is 1. The number of carboxylic acid groups (broad SMARTS) is 1. The number of carbonyl (C=O) groups is 1. The Balaban J connectivity index is 2.53. The van der Waals surface area contributed by atoms with Crippen molar-refractivity contribution in [2.45, 2.75) is 6.54 Å². The van der Waals surface area contributed by atoms with Crippen molar-refractivity contribution in [3.63, 3.8) is 0 Å². The number of aryl methyl sites for hydroxylation is 1. The minimum Gasteiger partial charge on any atom is -0.476 e. The van der Waals surface area contributed by atoms with E-state index < -0.39 is 5.97 Å². The minimum absolute atomic E-state index is 0.0259. The van der Waals surface area contributed by atoms with E-state index in [4.69, 9.17) is 9.94 Å². The monoisotopic (exact) mass is 211 g/mol. The molecule has 1 aromatic heterocycles. The molecule has 6 heteroatoms. The molecule has 0 amide bonds. The minimum atomic E-state index is -1.04. The van der Waals surface area contributed by atoms with Gasteiger partial charge in [-0.1, -0.05) is 6.08 Å². The highest BCUT2D eigenvalue weighted by atomic mass is 16.6. The second-order valence-corrected chi connectivity index (χ2v) is 2.87. The molecule has 15 heavy (non-hydrogen) atoms. The van der Waals surface area contributed by atoms with Crippen LogP contribution >= 0.6 is 0 Å². The van der Waals surface area contributed by atoms with E-state index in [0.29, 0.717) is 13.2 Å². The highest BCUT2D eigenvalue weighted by Gasteiger charge is 2.10. The maximum atomic E-state index is 10.6. The Morgan fingerprint density at radius 3 is 3.13 bits per heavy atom. The van der Waals surface area contributed by atoms with Crippen molar-refractivity contribution in [1.29, 1.82) is 0 Å². The average molecular weight is 211 g/mol. The van der Waals surface area contributed by atoms with Crippen LogP contribution in [0.1, 0.15) is 16.2 Å². The lowest BCUT2D eigenvalue weighted by atomic mass is 10.3. The summed E-state index contributed by atoms with van der Waals surface area (Å²) in [6.07, 6.45) is 1.61. The maximum absolute atomic E-state index is 10.6. The Kier molecular flexibility index (Phi) is 4.02. The Morgan fingerprint density at radius 2 is 2.60 bits per heavy atom. The van der Waals surface area contributed by atoms with Crippen LogP contribution in [0.4, 0.5) is 0 Å². The summed E-state index contributed by atoms with van der Waals surface area (Å²) in [5.41, 5.74) is 3.43. The lowest BCUT2D eigenvalue weighted by Crippen LogP contribution is -2.16. The van der Waals surface area contributed by atoms with E-state index in [1.54, 1.807) is 13.1 Å². The summed E-state index contributed by atoms with van der Waals surface area (Å²) < 4.78 is 1.49. The summed E-state index contributed by atoms with van der Waals surface area (Å²) in [4.78, 5) is 15.6. The third-order valence-electron chi connectivity index (χ3n) is 1.75. The van der Waals surface area contributed by atoms with Crippen LogP contribution in [0.5, 0.6) is 0 Å². The van der Waals surface area contributed by atoms with E-state index in [1.807, 2.05) is 0 Å². The lowest BCUT2D eigenvalue weighted by Gasteiger charge is -2.03. The number of hydroxylamine groups is 1. The number of aromatic carboxylic acids is 1. The maximum Gasteiger partial charge on any atom is 0.356 e. The summed E-state index contributed by atoms with van der Waals surface area (Å²) in [7, 11) is 1.68. The van der Waals surface area contributed by atoms with Gasteiger partial charge in [-0.15, -0.1) is 6.58 Å². The van der Waals surface area contributed by atoms with Crippen LogP contribution < -0.4 is 5.48 Å². The molecule has 0 radical (unpaired) electrons. The third kappa shape index (κ3) is 3.19. The zero-order valence-electron chi connectivity index (χ0n) is 8.43. The summed E-state index contributed by atoms with van der Waals surface area (Å²) in [5.74, 6) is -1.04. The number of nitrogens with one attached hydrogen (secondary N) is 1. The molecule has 6 nitrogen and oxygen atoms in total. The van der Waals surface area contributed by atoms with E-state index in [9.17, 15) is 4.79 Å². The van der Waals surface area contributed by atoms with E-state index in [0.717, 1.165) is 5.69 Å². The van der Waals surface area contributed by atoms with Gasteiger partial charge in [0, 0.05) is 7.05 Å². The number of nitrogens with zero attached hydrogens (tertiary/aromatic N) is 2. The van der Waals surface area contributed by atoms with Crippen molar-refractivity contribution in [3.05, 3.63) is 30.1 Å². The van der Waals surface area contributed by atoms with Gasteiger partial charge in [0.2, 0.25) is 0 Å². The van der Waals surface area contributed by atoms with Crippen LogP contribution in [0.15, 0.2) is 18.7 Å². The molecule has 82 valence electrons. The molecular formula is C9H13N3O3. The fraction of sp³-hybridized carbons (Fsp3) is 0.333. The molecule has 0 aliphatic carbocycles. The molecule has 1 aromatic rings. The van der Waals surface area contributed by atoms with Gasteiger partial charge in [0.1, 0.15) is 0 Å². The number of aromatic nitrogens is 2. The summed E-state index contributed by atoms with van der Waals surface area (Å²) >= 11 is 0. The summed E-state index contributed by atoms with van der Waals surface area (Å²) in [6, 6.07) is 1.49. The van der Waals surface area contributed by atoms with Gasteiger partial charge in [0.05, 0.1) is 18.8 Å². The zero-order chi connectivity index (χ0) is 11.3. The molecule has 1 heterocycles. The molecule has 0 aliphatic rings. The van der Waals surface area contributed by atoms with Crippen molar-refractivity contribution < 1.29 is 14.7 Å². The number of hydrogen-bond donors (Lipinski definition) is 2. The third-order valence-corrected chi connectivity index (χ3v) is 1.75. The summed E-state index contributed by atoms with van der Waals surface area (Å²) in [5, 5.41) is 12.5. The number of rotatable bonds is 6. The Labute approximate surface area is 87.1 Å². The van der Waals surface area contributed by atoms with E-state index >= 15 is 0 Å². The molecule has 0 atom stereocenters. The molecule has 0 bridgehead atoms. The fourth-order valence-corrected chi connectivity index (χ4v) is 1.02. The topological polar surface area (TPSA) is 76.4 Å². The fourth-order valence-electron chi connectivity index (χ4n) is 1.02. The normalized spacial score (nSPS) is 10.2. The largest absolute Gasteiger partial charge is 0.476 e. The first-order valence-electron chi connectivity index (χ1n) is 4.37. The number of hydrogen-bond acceptors (Lipinski definition) is 4. The van der Waals surface area contributed by atoms with Crippen LogP contribution in [0.2, 0.25) is 0 Å². The first-order chi connectivity index (χ1) is 7.15. The Morgan fingerprint density at radius 1 is 1.87 bits per heavy atom. The highest BCUT2D eigenvalue weighted by Crippen LogP contribution is 2.02.